The second-order valence-corrected chi connectivity index (χ2v) is 5.20. The molecule has 0 saturated heterocycles. The van der Waals surface area contributed by atoms with Gasteiger partial charge in [0, 0.05) is 0 Å². The first-order chi connectivity index (χ1) is 8.45. The zero-order valence-electron chi connectivity index (χ0n) is 11.4. The van der Waals surface area contributed by atoms with Gasteiger partial charge in [0.2, 0.25) is 0 Å². The molecule has 0 aromatic heterocycles. The standard InChI is InChI=1S/C16H18BF/c1-11-5-12(2)8-15(7-11)17(18)16-9-13(3)6-14(4)10-16/h5-10H,1-4H3. The van der Waals surface area contributed by atoms with Crippen LogP contribution in [0.1, 0.15) is 22.3 Å². The molecule has 0 bridgehead atoms. The van der Waals surface area contributed by atoms with Crippen molar-refractivity contribution in [2.75, 3.05) is 0 Å². The molecule has 2 aromatic rings. The average molecular weight is 240 g/mol. The predicted octanol–water partition coefficient (Wildman–Crippen LogP) is 3.00. The maximum Gasteiger partial charge on any atom is 0.413 e. The lowest BCUT2D eigenvalue weighted by molar-refractivity contribution is 0.864. The van der Waals surface area contributed by atoms with Crippen LogP contribution >= 0.6 is 0 Å². The van der Waals surface area contributed by atoms with E-state index in [0.717, 1.165) is 33.2 Å². The van der Waals surface area contributed by atoms with Crippen molar-refractivity contribution < 1.29 is 4.32 Å². The van der Waals surface area contributed by atoms with Crippen molar-refractivity contribution >= 4 is 17.9 Å². The van der Waals surface area contributed by atoms with E-state index in [1.54, 1.807) is 0 Å². The van der Waals surface area contributed by atoms with Crippen LogP contribution in [-0.2, 0) is 0 Å². The zero-order valence-corrected chi connectivity index (χ0v) is 11.4. The topological polar surface area (TPSA) is 0 Å². The van der Waals surface area contributed by atoms with Gasteiger partial charge in [0.1, 0.15) is 0 Å². The molecular formula is C16H18BF. The highest BCUT2D eigenvalue weighted by molar-refractivity contribution is 6.79. The molecule has 0 N–H and O–H groups in total. The van der Waals surface area contributed by atoms with Crippen LogP contribution in [0.3, 0.4) is 0 Å². The minimum Gasteiger partial charge on any atom is -0.322 e. The van der Waals surface area contributed by atoms with Crippen LogP contribution in [0.5, 0.6) is 0 Å². The number of halogens is 1. The first-order valence-corrected chi connectivity index (χ1v) is 6.26. The minimum absolute atomic E-state index is 0.748. The van der Waals surface area contributed by atoms with Gasteiger partial charge in [-0.05, 0) is 38.6 Å². The maximum absolute atomic E-state index is 14.6. The number of benzene rings is 2. The second-order valence-electron chi connectivity index (χ2n) is 5.20. The van der Waals surface area contributed by atoms with Gasteiger partial charge in [-0.1, -0.05) is 58.7 Å². The minimum atomic E-state index is -1.04. The normalized spacial score (nSPS) is 10.5. The summed E-state index contributed by atoms with van der Waals surface area (Å²) in [7, 11) is 0. The van der Waals surface area contributed by atoms with Gasteiger partial charge in [0.15, 0.2) is 0 Å². The molecule has 0 saturated carbocycles. The third-order valence-electron chi connectivity index (χ3n) is 3.07. The van der Waals surface area contributed by atoms with E-state index in [-0.39, 0.29) is 0 Å². The summed E-state index contributed by atoms with van der Waals surface area (Å²) in [6.07, 6.45) is 0. The van der Waals surface area contributed by atoms with Gasteiger partial charge in [-0.25, -0.2) is 0 Å². The Labute approximate surface area is 109 Å². The summed E-state index contributed by atoms with van der Waals surface area (Å²) in [6, 6.07) is 11.8. The molecule has 0 aliphatic heterocycles. The lowest BCUT2D eigenvalue weighted by atomic mass is 9.57. The Morgan fingerprint density at radius 2 is 0.889 bits per heavy atom. The van der Waals surface area contributed by atoms with E-state index >= 15 is 0 Å². The Morgan fingerprint density at radius 1 is 0.611 bits per heavy atom. The summed E-state index contributed by atoms with van der Waals surface area (Å²) in [5.74, 6) is 0. The largest absolute Gasteiger partial charge is 0.413 e. The molecule has 0 radical (unpaired) electrons. The molecule has 0 aliphatic carbocycles. The number of aryl methyl sites for hydroxylation is 4. The van der Waals surface area contributed by atoms with Crippen molar-refractivity contribution in [1.29, 1.82) is 0 Å². The Kier molecular flexibility index (Phi) is 3.56. The molecule has 0 atom stereocenters. The smallest absolute Gasteiger partial charge is 0.322 e. The second kappa shape index (κ2) is 4.97. The molecule has 2 heteroatoms. The van der Waals surface area contributed by atoms with E-state index in [0.29, 0.717) is 0 Å². The lowest BCUT2D eigenvalue weighted by Crippen LogP contribution is -2.38. The van der Waals surface area contributed by atoms with Crippen LogP contribution < -0.4 is 10.9 Å². The Hall–Kier alpha value is -1.57. The van der Waals surface area contributed by atoms with Crippen LogP contribution in [0, 0.1) is 27.7 Å². The van der Waals surface area contributed by atoms with Gasteiger partial charge in [0.25, 0.3) is 0 Å². The van der Waals surface area contributed by atoms with Crippen molar-refractivity contribution in [2.24, 2.45) is 0 Å². The summed E-state index contributed by atoms with van der Waals surface area (Å²) in [6.45, 7) is 6.98. The van der Waals surface area contributed by atoms with Gasteiger partial charge in [-0.3, -0.25) is 0 Å². The average Bonchev–Trinajstić information content (AvgIpc) is 2.25. The van der Waals surface area contributed by atoms with Crippen LogP contribution in [0.15, 0.2) is 36.4 Å². The fourth-order valence-corrected chi connectivity index (χ4v) is 2.50. The van der Waals surface area contributed by atoms with Gasteiger partial charge >= 0.3 is 6.99 Å². The zero-order chi connectivity index (χ0) is 13.3. The SMILES string of the molecule is Cc1cc(C)cc(B(F)c2cc(C)cc(C)c2)c1. The van der Waals surface area contributed by atoms with Crippen molar-refractivity contribution in [2.45, 2.75) is 27.7 Å². The van der Waals surface area contributed by atoms with Gasteiger partial charge in [0.05, 0.1) is 0 Å². The summed E-state index contributed by atoms with van der Waals surface area (Å²) < 4.78 is 14.6. The van der Waals surface area contributed by atoms with Crippen molar-refractivity contribution in [3.05, 3.63) is 58.7 Å². The molecule has 0 amide bonds. The first-order valence-electron chi connectivity index (χ1n) is 6.26. The van der Waals surface area contributed by atoms with Crippen LogP contribution in [0.25, 0.3) is 0 Å². The fraction of sp³-hybridized carbons (Fsp3) is 0.250. The van der Waals surface area contributed by atoms with E-state index in [1.807, 2.05) is 52.0 Å². The summed E-state index contributed by atoms with van der Waals surface area (Å²) in [5, 5.41) is 0. The highest BCUT2D eigenvalue weighted by atomic mass is 19.1. The molecular weight excluding hydrogens is 222 g/mol. The fourth-order valence-electron chi connectivity index (χ4n) is 2.50. The molecule has 0 nitrogen and oxygen atoms in total. The van der Waals surface area contributed by atoms with E-state index in [9.17, 15) is 4.32 Å². The quantitative estimate of drug-likeness (QED) is 0.708. The van der Waals surface area contributed by atoms with E-state index in [1.165, 1.54) is 0 Å². The van der Waals surface area contributed by atoms with Gasteiger partial charge < -0.3 is 4.32 Å². The molecule has 0 fully saturated rings. The maximum atomic E-state index is 14.6. The number of hydrogen-bond acceptors (Lipinski definition) is 0. The Balaban J connectivity index is 2.43. The van der Waals surface area contributed by atoms with Crippen LogP contribution in [0.2, 0.25) is 0 Å². The molecule has 0 unspecified atom stereocenters. The molecule has 0 spiro atoms. The molecule has 92 valence electrons. The van der Waals surface area contributed by atoms with E-state index < -0.39 is 6.99 Å². The molecule has 18 heavy (non-hydrogen) atoms. The van der Waals surface area contributed by atoms with E-state index in [4.69, 9.17) is 0 Å². The lowest BCUT2D eigenvalue weighted by Gasteiger charge is -2.09. The van der Waals surface area contributed by atoms with Crippen molar-refractivity contribution in [3.8, 4) is 0 Å². The predicted molar refractivity (Wildman–Crippen MR) is 78.0 cm³/mol. The first kappa shape index (κ1) is 12.9. The van der Waals surface area contributed by atoms with Crippen molar-refractivity contribution in [1.82, 2.24) is 0 Å². The summed E-state index contributed by atoms with van der Waals surface area (Å²) >= 11 is 0. The third kappa shape index (κ3) is 2.81. The summed E-state index contributed by atoms with van der Waals surface area (Å²) in [5.41, 5.74) is 5.93. The number of rotatable bonds is 2. The molecule has 0 aliphatic rings. The highest BCUT2D eigenvalue weighted by Gasteiger charge is 2.20. The number of hydrogen-bond donors (Lipinski definition) is 0. The van der Waals surface area contributed by atoms with Crippen molar-refractivity contribution in [3.63, 3.8) is 0 Å². The third-order valence-corrected chi connectivity index (χ3v) is 3.07. The van der Waals surface area contributed by atoms with Gasteiger partial charge in [-0.15, -0.1) is 0 Å². The Morgan fingerprint density at radius 3 is 1.17 bits per heavy atom. The monoisotopic (exact) mass is 240 g/mol. The molecule has 2 aromatic carbocycles. The molecule has 0 heterocycles. The van der Waals surface area contributed by atoms with Crippen LogP contribution in [-0.4, -0.2) is 6.99 Å². The Bertz CT molecular complexity index is 483. The summed E-state index contributed by atoms with van der Waals surface area (Å²) in [4.78, 5) is 0. The van der Waals surface area contributed by atoms with Gasteiger partial charge in [-0.2, -0.15) is 0 Å². The molecule has 2 rings (SSSR count). The van der Waals surface area contributed by atoms with Crippen LogP contribution in [0.4, 0.5) is 4.32 Å². The van der Waals surface area contributed by atoms with E-state index in [2.05, 4.69) is 12.1 Å². The highest BCUT2D eigenvalue weighted by Crippen LogP contribution is 2.05.